The molecule has 0 aliphatic heterocycles. The molecule has 6 heteroatoms. The van der Waals surface area contributed by atoms with Crippen molar-refractivity contribution in [1.29, 1.82) is 0 Å². The van der Waals surface area contributed by atoms with Crippen LogP contribution in [-0.2, 0) is 9.59 Å². The van der Waals surface area contributed by atoms with Crippen LogP contribution in [0.25, 0.3) is 10.9 Å². The average molecular weight is 349 g/mol. The van der Waals surface area contributed by atoms with Crippen LogP contribution in [0.15, 0.2) is 60.8 Å². The molecule has 26 heavy (non-hydrogen) atoms. The highest BCUT2D eigenvalue weighted by Gasteiger charge is 2.20. The minimum atomic E-state index is -0.782. The third-order valence-electron chi connectivity index (χ3n) is 4.08. The topological polar surface area (TPSA) is 91.3 Å². The van der Waals surface area contributed by atoms with Crippen molar-refractivity contribution in [2.75, 3.05) is 5.32 Å². The second-order valence-electron chi connectivity index (χ2n) is 5.86. The fraction of sp³-hybridized carbons (Fsp3) is 0.150. The molecule has 0 fully saturated rings. The van der Waals surface area contributed by atoms with E-state index in [4.69, 9.17) is 0 Å². The van der Waals surface area contributed by atoms with Crippen molar-refractivity contribution in [2.24, 2.45) is 0 Å². The van der Waals surface area contributed by atoms with Gasteiger partial charge in [0.15, 0.2) is 0 Å². The van der Waals surface area contributed by atoms with Crippen molar-refractivity contribution < 1.29 is 14.7 Å². The predicted molar refractivity (Wildman–Crippen MR) is 99.7 cm³/mol. The highest BCUT2D eigenvalue weighted by molar-refractivity contribution is 6.39. The predicted octanol–water partition coefficient (Wildman–Crippen LogP) is 3.15. The lowest BCUT2D eigenvalue weighted by molar-refractivity contribution is -0.136. The number of nitrogens with zero attached hydrogens (tertiary/aromatic N) is 1. The summed E-state index contributed by atoms with van der Waals surface area (Å²) < 4.78 is 0. The Labute approximate surface area is 150 Å². The summed E-state index contributed by atoms with van der Waals surface area (Å²) in [6.07, 6.45) is 2.04. The van der Waals surface area contributed by atoms with Crippen LogP contribution in [0.5, 0.6) is 5.75 Å². The molecule has 0 saturated carbocycles. The number of para-hydroxylation sites is 2. The maximum absolute atomic E-state index is 12.2. The Kier molecular flexibility index (Phi) is 5.12. The van der Waals surface area contributed by atoms with E-state index in [0.29, 0.717) is 17.7 Å². The molecule has 2 aromatic carbocycles. The van der Waals surface area contributed by atoms with E-state index in [2.05, 4.69) is 15.6 Å². The van der Waals surface area contributed by atoms with Gasteiger partial charge in [-0.05, 0) is 24.6 Å². The number of anilines is 1. The van der Waals surface area contributed by atoms with Gasteiger partial charge in [-0.25, -0.2) is 0 Å². The summed E-state index contributed by atoms with van der Waals surface area (Å²) in [5.74, 6) is -1.47. The Balaban J connectivity index is 1.70. The molecule has 1 heterocycles. The maximum Gasteiger partial charge on any atom is 0.313 e. The van der Waals surface area contributed by atoms with E-state index >= 15 is 0 Å². The molecule has 6 nitrogen and oxygen atoms in total. The summed E-state index contributed by atoms with van der Waals surface area (Å²) in [7, 11) is 0. The zero-order chi connectivity index (χ0) is 18.5. The van der Waals surface area contributed by atoms with Crippen molar-refractivity contribution in [3.05, 3.63) is 66.4 Å². The molecule has 0 saturated heterocycles. The third-order valence-corrected chi connectivity index (χ3v) is 4.08. The molecule has 1 aromatic heterocycles. The molecule has 3 aromatic rings. The van der Waals surface area contributed by atoms with Crippen LogP contribution < -0.4 is 10.6 Å². The first-order valence-corrected chi connectivity index (χ1v) is 8.33. The summed E-state index contributed by atoms with van der Waals surface area (Å²) in [6, 6.07) is 15.5. The molecule has 2 amide bonds. The number of aromatic nitrogens is 1. The summed E-state index contributed by atoms with van der Waals surface area (Å²) in [5.41, 5.74) is 1.82. The Bertz CT molecular complexity index is 956. The first-order chi connectivity index (χ1) is 12.6. The fourth-order valence-electron chi connectivity index (χ4n) is 2.73. The molecular weight excluding hydrogens is 330 g/mol. The third kappa shape index (κ3) is 3.80. The van der Waals surface area contributed by atoms with E-state index in [9.17, 15) is 14.7 Å². The van der Waals surface area contributed by atoms with Gasteiger partial charge >= 0.3 is 11.8 Å². The molecule has 0 bridgehead atoms. The maximum atomic E-state index is 12.2. The standard InChI is InChI=1S/C20H19N3O3/c1-2-16(15-8-4-6-10-18(15)24)23-20(26)19(25)22-14-11-13-7-3-5-9-17(13)21-12-14/h3-12,16,24H,2H2,1H3,(H,22,25)(H,23,26). The molecule has 1 unspecified atom stereocenters. The molecule has 1 atom stereocenters. The van der Waals surface area contributed by atoms with E-state index in [0.717, 1.165) is 10.9 Å². The number of phenolic OH excluding ortho intramolecular Hbond substituents is 1. The molecule has 3 rings (SSSR count). The van der Waals surface area contributed by atoms with E-state index in [1.807, 2.05) is 31.2 Å². The SMILES string of the molecule is CCC(NC(=O)C(=O)Nc1cnc2ccccc2c1)c1ccccc1O. The highest BCUT2D eigenvalue weighted by atomic mass is 16.3. The van der Waals surface area contributed by atoms with Gasteiger partial charge in [-0.3, -0.25) is 14.6 Å². The lowest BCUT2D eigenvalue weighted by atomic mass is 10.0. The van der Waals surface area contributed by atoms with Gasteiger partial charge in [0.1, 0.15) is 5.75 Å². The fourth-order valence-corrected chi connectivity index (χ4v) is 2.73. The first kappa shape index (κ1) is 17.4. The lowest BCUT2D eigenvalue weighted by Crippen LogP contribution is -2.37. The number of benzene rings is 2. The second kappa shape index (κ2) is 7.65. The molecule has 0 aliphatic carbocycles. The molecule has 132 valence electrons. The first-order valence-electron chi connectivity index (χ1n) is 8.33. The van der Waals surface area contributed by atoms with E-state index in [-0.39, 0.29) is 5.75 Å². The number of amides is 2. The molecule has 0 spiro atoms. The average Bonchev–Trinajstić information content (AvgIpc) is 2.66. The van der Waals surface area contributed by atoms with E-state index in [1.54, 1.807) is 30.3 Å². The number of phenols is 1. The van der Waals surface area contributed by atoms with E-state index in [1.165, 1.54) is 6.20 Å². The monoisotopic (exact) mass is 349 g/mol. The van der Waals surface area contributed by atoms with Gasteiger partial charge in [0.05, 0.1) is 23.4 Å². The number of hydrogen-bond donors (Lipinski definition) is 3. The smallest absolute Gasteiger partial charge is 0.313 e. The molecule has 0 radical (unpaired) electrons. The van der Waals surface area contributed by atoms with Crippen molar-refractivity contribution in [3.8, 4) is 5.75 Å². The number of aromatic hydroxyl groups is 1. The molecule has 0 aliphatic rings. The minimum absolute atomic E-state index is 0.0822. The van der Waals surface area contributed by atoms with Gasteiger partial charge in [0.25, 0.3) is 0 Å². The van der Waals surface area contributed by atoms with Gasteiger partial charge in [-0.2, -0.15) is 0 Å². The summed E-state index contributed by atoms with van der Waals surface area (Å²) in [5, 5.41) is 16.0. The second-order valence-corrected chi connectivity index (χ2v) is 5.86. The summed E-state index contributed by atoms with van der Waals surface area (Å²) in [6.45, 7) is 1.86. The number of hydrogen-bond acceptors (Lipinski definition) is 4. The van der Waals surface area contributed by atoms with Crippen molar-refractivity contribution >= 4 is 28.4 Å². The lowest BCUT2D eigenvalue weighted by Gasteiger charge is -2.18. The number of rotatable bonds is 4. The van der Waals surface area contributed by atoms with E-state index < -0.39 is 17.9 Å². The Morgan fingerprint density at radius 3 is 2.58 bits per heavy atom. The number of carbonyl (C=O) groups excluding carboxylic acids is 2. The number of carbonyl (C=O) groups is 2. The van der Waals surface area contributed by atoms with Crippen LogP contribution in [-0.4, -0.2) is 21.9 Å². The number of fused-ring (bicyclic) bond motifs is 1. The summed E-state index contributed by atoms with van der Waals surface area (Å²) in [4.78, 5) is 28.7. The Morgan fingerprint density at radius 2 is 1.81 bits per heavy atom. The summed E-state index contributed by atoms with van der Waals surface area (Å²) >= 11 is 0. The van der Waals surface area contributed by atoms with Crippen LogP contribution in [0.3, 0.4) is 0 Å². The zero-order valence-electron chi connectivity index (χ0n) is 14.3. The van der Waals surface area contributed by atoms with Gasteiger partial charge in [-0.15, -0.1) is 0 Å². The van der Waals surface area contributed by atoms with Crippen molar-refractivity contribution in [1.82, 2.24) is 10.3 Å². The normalized spacial score (nSPS) is 11.7. The number of nitrogens with one attached hydrogen (secondary N) is 2. The van der Waals surface area contributed by atoms with Crippen LogP contribution in [0.2, 0.25) is 0 Å². The number of pyridine rings is 1. The Hall–Kier alpha value is -3.41. The largest absolute Gasteiger partial charge is 0.508 e. The zero-order valence-corrected chi connectivity index (χ0v) is 14.3. The Morgan fingerprint density at radius 1 is 1.08 bits per heavy atom. The van der Waals surface area contributed by atoms with Gasteiger partial charge < -0.3 is 15.7 Å². The van der Waals surface area contributed by atoms with Gasteiger partial charge in [-0.1, -0.05) is 43.3 Å². The quantitative estimate of drug-likeness (QED) is 0.631. The highest BCUT2D eigenvalue weighted by Crippen LogP contribution is 2.25. The van der Waals surface area contributed by atoms with Gasteiger partial charge in [0, 0.05) is 10.9 Å². The molecular formula is C20H19N3O3. The van der Waals surface area contributed by atoms with Gasteiger partial charge in [0.2, 0.25) is 0 Å². The van der Waals surface area contributed by atoms with Crippen molar-refractivity contribution in [2.45, 2.75) is 19.4 Å². The van der Waals surface area contributed by atoms with Crippen LogP contribution in [0.4, 0.5) is 5.69 Å². The van der Waals surface area contributed by atoms with Crippen LogP contribution >= 0.6 is 0 Å². The molecule has 3 N–H and O–H groups in total. The minimum Gasteiger partial charge on any atom is -0.508 e. The van der Waals surface area contributed by atoms with Crippen LogP contribution in [0, 0.1) is 0 Å². The van der Waals surface area contributed by atoms with Crippen molar-refractivity contribution in [3.63, 3.8) is 0 Å². The van der Waals surface area contributed by atoms with Crippen LogP contribution in [0.1, 0.15) is 24.9 Å².